The minimum absolute atomic E-state index is 0.193. The van der Waals surface area contributed by atoms with Crippen LogP contribution in [0.3, 0.4) is 0 Å². The quantitative estimate of drug-likeness (QED) is 0.714. The third kappa shape index (κ3) is 2.92. The zero-order valence-electron chi connectivity index (χ0n) is 13.7. The number of thiazole rings is 1. The van der Waals surface area contributed by atoms with E-state index in [-0.39, 0.29) is 11.7 Å². The molecular formula is C18H16FN3OS2. The summed E-state index contributed by atoms with van der Waals surface area (Å²) in [5.41, 5.74) is 2.62. The molecule has 0 spiro atoms. The number of nitrogens with zero attached hydrogens (tertiary/aromatic N) is 3. The number of aromatic nitrogens is 3. The molecule has 1 aliphatic rings. The van der Waals surface area contributed by atoms with Crippen LogP contribution in [0.4, 0.5) is 4.39 Å². The Bertz CT molecular complexity index is 991. The van der Waals surface area contributed by atoms with Crippen molar-refractivity contribution in [2.24, 2.45) is 5.92 Å². The first-order valence-electron chi connectivity index (χ1n) is 7.93. The van der Waals surface area contributed by atoms with Gasteiger partial charge < -0.3 is 5.11 Å². The Labute approximate surface area is 152 Å². The topological polar surface area (TPSA) is 58.9 Å². The largest absolute Gasteiger partial charge is 0.381 e. The molecule has 0 amide bonds. The molecule has 25 heavy (non-hydrogen) atoms. The van der Waals surface area contributed by atoms with Gasteiger partial charge in [0.1, 0.15) is 23.3 Å². The van der Waals surface area contributed by atoms with Crippen molar-refractivity contribution < 1.29 is 9.50 Å². The SMILES string of the molecule is Cc1cc2ncnc(C3=C(F)C(C)CC(C(O)c4nccs4)=C3)c2s1. The fourth-order valence-electron chi connectivity index (χ4n) is 3.09. The second-order valence-corrected chi connectivity index (χ2v) is 8.34. The smallest absolute Gasteiger partial charge is 0.127 e. The van der Waals surface area contributed by atoms with Crippen LogP contribution in [0.1, 0.15) is 35.0 Å². The molecule has 4 nitrogen and oxygen atoms in total. The molecule has 3 heterocycles. The van der Waals surface area contributed by atoms with Gasteiger partial charge in [0.05, 0.1) is 15.9 Å². The van der Waals surface area contributed by atoms with Gasteiger partial charge in [-0.3, -0.25) is 0 Å². The van der Waals surface area contributed by atoms with Crippen molar-refractivity contribution in [2.45, 2.75) is 26.4 Å². The van der Waals surface area contributed by atoms with Crippen molar-refractivity contribution in [3.63, 3.8) is 0 Å². The fraction of sp³-hybridized carbons (Fsp3) is 0.278. The molecule has 2 atom stereocenters. The molecule has 2 unspecified atom stereocenters. The Balaban J connectivity index is 1.85. The second-order valence-electron chi connectivity index (χ2n) is 6.15. The summed E-state index contributed by atoms with van der Waals surface area (Å²) in [4.78, 5) is 13.9. The Morgan fingerprint density at radius 2 is 2.16 bits per heavy atom. The minimum atomic E-state index is -0.812. The van der Waals surface area contributed by atoms with E-state index in [1.54, 1.807) is 23.6 Å². The lowest BCUT2D eigenvalue weighted by molar-refractivity contribution is 0.206. The van der Waals surface area contributed by atoms with E-state index in [0.29, 0.717) is 22.7 Å². The maximum atomic E-state index is 14.9. The summed E-state index contributed by atoms with van der Waals surface area (Å²) in [5, 5.41) is 13.1. The van der Waals surface area contributed by atoms with Crippen LogP contribution in [0.2, 0.25) is 0 Å². The molecule has 0 fully saturated rings. The van der Waals surface area contributed by atoms with Crippen LogP contribution in [0.15, 0.2) is 41.4 Å². The number of aliphatic hydroxyl groups is 1. The molecule has 128 valence electrons. The van der Waals surface area contributed by atoms with Gasteiger partial charge >= 0.3 is 0 Å². The van der Waals surface area contributed by atoms with Gasteiger partial charge in [0.25, 0.3) is 0 Å². The van der Waals surface area contributed by atoms with Gasteiger partial charge in [0.2, 0.25) is 0 Å². The third-order valence-corrected chi connectivity index (χ3v) is 6.16. The van der Waals surface area contributed by atoms with Crippen molar-refractivity contribution in [1.29, 1.82) is 0 Å². The molecule has 1 N–H and O–H groups in total. The first kappa shape index (κ1) is 16.5. The summed E-state index contributed by atoms with van der Waals surface area (Å²) < 4.78 is 15.8. The highest BCUT2D eigenvalue weighted by molar-refractivity contribution is 7.19. The van der Waals surface area contributed by atoms with Crippen molar-refractivity contribution in [1.82, 2.24) is 15.0 Å². The Kier molecular flexibility index (Phi) is 4.23. The van der Waals surface area contributed by atoms with Gasteiger partial charge in [-0.05, 0) is 31.1 Å². The number of aryl methyl sites for hydroxylation is 1. The Morgan fingerprint density at radius 3 is 2.92 bits per heavy atom. The number of hydrogen-bond acceptors (Lipinski definition) is 6. The first-order chi connectivity index (χ1) is 12.0. The van der Waals surface area contributed by atoms with Crippen LogP contribution < -0.4 is 0 Å². The molecule has 1 aliphatic carbocycles. The highest BCUT2D eigenvalue weighted by Crippen LogP contribution is 2.42. The number of hydrogen-bond donors (Lipinski definition) is 1. The van der Waals surface area contributed by atoms with Crippen molar-refractivity contribution in [2.75, 3.05) is 0 Å². The standard InChI is InChI=1S/C18H16FN3OS2/c1-9-5-11(16(23)18-20-3-4-24-18)7-12(14(9)19)15-17-13(21-8-22-15)6-10(2)25-17/h3-4,6-9,16,23H,5H2,1-2H3. The lowest BCUT2D eigenvalue weighted by Crippen LogP contribution is -2.12. The van der Waals surface area contributed by atoms with E-state index >= 15 is 0 Å². The van der Waals surface area contributed by atoms with Crippen LogP contribution in [-0.4, -0.2) is 20.1 Å². The van der Waals surface area contributed by atoms with Gasteiger partial charge in [-0.15, -0.1) is 22.7 Å². The highest BCUT2D eigenvalue weighted by atomic mass is 32.1. The minimum Gasteiger partial charge on any atom is -0.381 e. The van der Waals surface area contributed by atoms with Gasteiger partial charge in [-0.25, -0.2) is 19.3 Å². The summed E-state index contributed by atoms with van der Waals surface area (Å²) in [5.74, 6) is -0.503. The molecule has 0 saturated carbocycles. The monoisotopic (exact) mass is 373 g/mol. The molecule has 0 bridgehead atoms. The van der Waals surface area contributed by atoms with Crippen LogP contribution in [-0.2, 0) is 0 Å². The third-order valence-electron chi connectivity index (χ3n) is 4.29. The van der Waals surface area contributed by atoms with E-state index in [4.69, 9.17) is 0 Å². The van der Waals surface area contributed by atoms with Gasteiger partial charge in [-0.2, -0.15) is 0 Å². The number of aliphatic hydroxyl groups excluding tert-OH is 1. The number of thiophene rings is 1. The summed E-state index contributed by atoms with van der Waals surface area (Å²) in [7, 11) is 0. The van der Waals surface area contributed by atoms with E-state index in [1.165, 1.54) is 17.7 Å². The van der Waals surface area contributed by atoms with E-state index in [9.17, 15) is 9.50 Å². The summed E-state index contributed by atoms with van der Waals surface area (Å²) in [6, 6.07) is 1.98. The predicted molar refractivity (Wildman–Crippen MR) is 99.1 cm³/mol. The number of fused-ring (bicyclic) bond motifs is 1. The van der Waals surface area contributed by atoms with E-state index < -0.39 is 6.10 Å². The molecular weight excluding hydrogens is 357 g/mol. The summed E-state index contributed by atoms with van der Waals surface area (Å²) in [6.45, 7) is 3.83. The van der Waals surface area contributed by atoms with Crippen LogP contribution in [0.5, 0.6) is 0 Å². The average molecular weight is 373 g/mol. The molecule has 0 radical (unpaired) electrons. The number of allylic oxidation sites excluding steroid dienone is 3. The lowest BCUT2D eigenvalue weighted by atomic mass is 9.86. The summed E-state index contributed by atoms with van der Waals surface area (Å²) in [6.07, 6.45) is 4.52. The normalized spacial score (nSPS) is 19.4. The summed E-state index contributed by atoms with van der Waals surface area (Å²) >= 11 is 2.95. The maximum absolute atomic E-state index is 14.9. The van der Waals surface area contributed by atoms with Gasteiger partial charge in [0.15, 0.2) is 0 Å². The average Bonchev–Trinajstić information content (AvgIpc) is 3.24. The zero-order valence-corrected chi connectivity index (χ0v) is 15.4. The van der Waals surface area contributed by atoms with Crippen LogP contribution in [0.25, 0.3) is 15.8 Å². The van der Waals surface area contributed by atoms with E-state index in [0.717, 1.165) is 20.7 Å². The Hall–Kier alpha value is -1.96. The van der Waals surface area contributed by atoms with E-state index in [2.05, 4.69) is 15.0 Å². The first-order valence-corrected chi connectivity index (χ1v) is 9.63. The zero-order chi connectivity index (χ0) is 17.6. The fourth-order valence-corrected chi connectivity index (χ4v) is 4.72. The molecule has 3 aromatic rings. The maximum Gasteiger partial charge on any atom is 0.127 e. The Morgan fingerprint density at radius 1 is 1.32 bits per heavy atom. The van der Waals surface area contributed by atoms with Crippen LogP contribution in [0, 0.1) is 12.8 Å². The lowest BCUT2D eigenvalue weighted by Gasteiger charge is -2.23. The van der Waals surface area contributed by atoms with Gasteiger partial charge in [0, 0.05) is 27.9 Å². The number of halogens is 1. The van der Waals surface area contributed by atoms with Crippen molar-refractivity contribution in [3.05, 3.63) is 57.0 Å². The molecule has 0 aliphatic heterocycles. The second kappa shape index (κ2) is 6.40. The molecule has 3 aromatic heterocycles. The van der Waals surface area contributed by atoms with E-state index in [1.807, 2.05) is 25.3 Å². The molecule has 7 heteroatoms. The number of rotatable bonds is 3. The predicted octanol–water partition coefficient (Wildman–Crippen LogP) is 4.84. The molecule has 0 aromatic carbocycles. The van der Waals surface area contributed by atoms with Crippen molar-refractivity contribution in [3.8, 4) is 0 Å². The van der Waals surface area contributed by atoms with Gasteiger partial charge in [-0.1, -0.05) is 6.92 Å². The highest BCUT2D eigenvalue weighted by Gasteiger charge is 2.28. The molecule has 0 saturated heterocycles. The van der Waals surface area contributed by atoms with Crippen LogP contribution >= 0.6 is 22.7 Å². The molecule has 4 rings (SSSR count). The van der Waals surface area contributed by atoms with Crippen molar-refractivity contribution >= 4 is 38.5 Å².